The van der Waals surface area contributed by atoms with Gasteiger partial charge in [-0.2, -0.15) is 0 Å². The van der Waals surface area contributed by atoms with Crippen molar-refractivity contribution in [1.82, 2.24) is 9.97 Å². The van der Waals surface area contributed by atoms with Crippen LogP contribution < -0.4 is 4.90 Å². The van der Waals surface area contributed by atoms with Crippen molar-refractivity contribution in [2.75, 3.05) is 4.90 Å². The lowest BCUT2D eigenvalue weighted by atomic mass is 10.0. The molecule has 0 fully saturated rings. The highest BCUT2D eigenvalue weighted by Crippen LogP contribution is 2.40. The highest BCUT2D eigenvalue weighted by atomic mass is 32.1. The fourth-order valence-corrected chi connectivity index (χ4v) is 8.63. The van der Waals surface area contributed by atoms with Crippen molar-refractivity contribution in [3.63, 3.8) is 0 Å². The molecule has 2 aromatic heterocycles. The van der Waals surface area contributed by atoms with Crippen LogP contribution in [-0.4, -0.2) is 9.97 Å². The number of rotatable bonds is 8. The molecule has 0 spiro atoms. The molecule has 0 unspecified atom stereocenters. The molecular formula is C52H35N3S. The van der Waals surface area contributed by atoms with E-state index in [-0.39, 0.29) is 0 Å². The normalized spacial score (nSPS) is 11.2. The fraction of sp³-hybridized carbons (Fsp3) is 0. The number of benzene rings is 8. The van der Waals surface area contributed by atoms with E-state index < -0.39 is 0 Å². The van der Waals surface area contributed by atoms with Gasteiger partial charge in [-0.15, -0.1) is 11.3 Å². The number of anilines is 3. The van der Waals surface area contributed by atoms with Crippen LogP contribution in [0.1, 0.15) is 0 Å². The molecule has 10 aromatic rings. The van der Waals surface area contributed by atoms with E-state index in [9.17, 15) is 0 Å². The third kappa shape index (κ3) is 6.53. The molecule has 8 aromatic carbocycles. The van der Waals surface area contributed by atoms with Gasteiger partial charge in [-0.05, 0) is 76.9 Å². The first-order valence-corrected chi connectivity index (χ1v) is 19.6. The molecule has 0 N–H and O–H groups in total. The SMILES string of the molecule is c1ccc(-c2ccc(N(c3ccccc3)c3ccc(-c4ccc5c(c4)sc4cc(-c6cc(-c7ccccc7)nc(-c7ccccc7)n6)ccc45)cc3)cc2)cc1. The van der Waals surface area contributed by atoms with Crippen molar-refractivity contribution < 1.29 is 0 Å². The number of hydrogen-bond acceptors (Lipinski definition) is 4. The van der Waals surface area contributed by atoms with Crippen LogP contribution in [0.5, 0.6) is 0 Å². The first kappa shape index (κ1) is 33.4. The largest absolute Gasteiger partial charge is 0.311 e. The van der Waals surface area contributed by atoms with Crippen LogP contribution in [0, 0.1) is 0 Å². The predicted molar refractivity (Wildman–Crippen MR) is 237 cm³/mol. The quantitative estimate of drug-likeness (QED) is 0.156. The topological polar surface area (TPSA) is 29.0 Å². The van der Waals surface area contributed by atoms with Crippen LogP contribution in [-0.2, 0) is 0 Å². The van der Waals surface area contributed by atoms with E-state index >= 15 is 0 Å². The maximum Gasteiger partial charge on any atom is 0.160 e. The van der Waals surface area contributed by atoms with Crippen molar-refractivity contribution in [1.29, 1.82) is 0 Å². The molecule has 0 radical (unpaired) electrons. The second kappa shape index (κ2) is 14.6. The van der Waals surface area contributed by atoms with Crippen LogP contribution in [0.15, 0.2) is 212 Å². The molecule has 0 saturated carbocycles. The van der Waals surface area contributed by atoms with Gasteiger partial charge in [0.1, 0.15) is 0 Å². The highest BCUT2D eigenvalue weighted by molar-refractivity contribution is 7.25. The van der Waals surface area contributed by atoms with Crippen molar-refractivity contribution in [2.24, 2.45) is 0 Å². The minimum Gasteiger partial charge on any atom is -0.311 e. The zero-order valence-electron chi connectivity index (χ0n) is 30.5. The average molecular weight is 734 g/mol. The molecule has 3 nitrogen and oxygen atoms in total. The maximum absolute atomic E-state index is 5.08. The number of thiophene rings is 1. The standard InChI is InChI=1S/C52H35N3S/c1-5-13-36(14-6-1)37-21-27-44(28-22-37)55(43-19-11-4-12-20-43)45-29-23-38(24-30-45)41-25-31-46-47-32-26-42(34-51(47)56-50(46)33-41)49-35-48(39-15-7-2-8-16-39)53-52(54-49)40-17-9-3-10-18-40/h1-35H. The minimum atomic E-state index is 0.724. The van der Waals surface area contributed by atoms with Gasteiger partial charge in [0.2, 0.25) is 0 Å². The molecule has 0 aliphatic rings. The summed E-state index contributed by atoms with van der Waals surface area (Å²) in [6.45, 7) is 0. The maximum atomic E-state index is 5.08. The van der Waals surface area contributed by atoms with Crippen LogP contribution in [0.2, 0.25) is 0 Å². The number of hydrogen-bond donors (Lipinski definition) is 0. The Kier molecular flexibility index (Phi) is 8.71. The molecule has 4 heteroatoms. The fourth-order valence-electron chi connectivity index (χ4n) is 7.44. The summed E-state index contributed by atoms with van der Waals surface area (Å²) in [5.74, 6) is 0.724. The van der Waals surface area contributed by atoms with E-state index in [0.29, 0.717) is 0 Å². The first-order valence-electron chi connectivity index (χ1n) is 18.8. The third-order valence-electron chi connectivity index (χ3n) is 10.3. The van der Waals surface area contributed by atoms with E-state index in [1.54, 1.807) is 0 Å². The predicted octanol–water partition coefficient (Wildman–Crippen LogP) is 14.6. The summed E-state index contributed by atoms with van der Waals surface area (Å²) in [4.78, 5) is 12.4. The zero-order valence-corrected chi connectivity index (χ0v) is 31.3. The number of fused-ring (bicyclic) bond motifs is 3. The van der Waals surface area contributed by atoms with Gasteiger partial charge in [0.05, 0.1) is 11.4 Å². The van der Waals surface area contributed by atoms with Gasteiger partial charge in [-0.1, -0.05) is 158 Å². The summed E-state index contributed by atoms with van der Waals surface area (Å²) < 4.78 is 2.50. The van der Waals surface area contributed by atoms with Crippen molar-refractivity contribution in [3.8, 4) is 56.2 Å². The highest BCUT2D eigenvalue weighted by Gasteiger charge is 2.15. The lowest BCUT2D eigenvalue weighted by Crippen LogP contribution is -2.09. The molecule has 0 aliphatic carbocycles. The number of nitrogens with zero attached hydrogens (tertiary/aromatic N) is 3. The summed E-state index contributed by atoms with van der Waals surface area (Å²) in [6, 6.07) is 75.1. The molecule has 0 aliphatic heterocycles. The molecule has 0 atom stereocenters. The average Bonchev–Trinajstić information content (AvgIpc) is 3.65. The number of aromatic nitrogens is 2. The summed E-state index contributed by atoms with van der Waals surface area (Å²) in [5, 5.41) is 2.52. The Morgan fingerprint density at radius 2 is 0.696 bits per heavy atom. The van der Waals surface area contributed by atoms with Gasteiger partial charge in [0, 0.05) is 53.9 Å². The first-order chi connectivity index (χ1) is 27.7. The van der Waals surface area contributed by atoms with E-state index in [4.69, 9.17) is 9.97 Å². The van der Waals surface area contributed by atoms with Crippen LogP contribution in [0.3, 0.4) is 0 Å². The van der Waals surface area contributed by atoms with E-state index in [2.05, 4.69) is 193 Å². The van der Waals surface area contributed by atoms with E-state index in [1.165, 1.54) is 42.4 Å². The van der Waals surface area contributed by atoms with Gasteiger partial charge in [0.15, 0.2) is 5.82 Å². The number of para-hydroxylation sites is 1. The minimum absolute atomic E-state index is 0.724. The summed E-state index contributed by atoms with van der Waals surface area (Å²) in [6.07, 6.45) is 0. The Morgan fingerprint density at radius 1 is 0.304 bits per heavy atom. The van der Waals surface area contributed by atoms with Gasteiger partial charge in [-0.3, -0.25) is 0 Å². The monoisotopic (exact) mass is 733 g/mol. The second-order valence-electron chi connectivity index (χ2n) is 13.8. The lowest BCUT2D eigenvalue weighted by Gasteiger charge is -2.26. The van der Waals surface area contributed by atoms with Crippen LogP contribution >= 0.6 is 11.3 Å². The molecule has 0 saturated heterocycles. The second-order valence-corrected chi connectivity index (χ2v) is 14.9. The summed E-state index contributed by atoms with van der Waals surface area (Å²) in [7, 11) is 0. The van der Waals surface area contributed by atoms with Crippen molar-refractivity contribution in [2.45, 2.75) is 0 Å². The Bertz CT molecular complexity index is 2870. The molecule has 56 heavy (non-hydrogen) atoms. The molecule has 0 bridgehead atoms. The Morgan fingerprint density at radius 3 is 1.27 bits per heavy atom. The van der Waals surface area contributed by atoms with Gasteiger partial charge in [0.25, 0.3) is 0 Å². The summed E-state index contributed by atoms with van der Waals surface area (Å²) >= 11 is 1.83. The third-order valence-corrected chi connectivity index (χ3v) is 11.4. The van der Waals surface area contributed by atoms with E-state index in [1.807, 2.05) is 35.6 Å². The molecule has 10 rings (SSSR count). The molecule has 264 valence electrons. The van der Waals surface area contributed by atoms with Crippen LogP contribution in [0.25, 0.3) is 76.3 Å². The molecular weight excluding hydrogens is 699 g/mol. The lowest BCUT2D eigenvalue weighted by molar-refractivity contribution is 1.18. The van der Waals surface area contributed by atoms with Crippen LogP contribution in [0.4, 0.5) is 17.1 Å². The van der Waals surface area contributed by atoms with Gasteiger partial charge in [-0.25, -0.2) is 9.97 Å². The zero-order chi connectivity index (χ0) is 37.3. The Hall–Kier alpha value is -7.14. The smallest absolute Gasteiger partial charge is 0.160 e. The molecule has 0 amide bonds. The van der Waals surface area contributed by atoms with Gasteiger partial charge < -0.3 is 4.90 Å². The van der Waals surface area contributed by atoms with E-state index in [0.717, 1.165) is 51.0 Å². The Labute approximate surface area is 330 Å². The molecule has 2 heterocycles. The Balaban J connectivity index is 0.976. The van der Waals surface area contributed by atoms with Crippen molar-refractivity contribution >= 4 is 48.6 Å². The summed E-state index contributed by atoms with van der Waals surface area (Å²) in [5.41, 5.74) is 13.1. The van der Waals surface area contributed by atoms with Gasteiger partial charge >= 0.3 is 0 Å². The van der Waals surface area contributed by atoms with Crippen molar-refractivity contribution in [3.05, 3.63) is 212 Å².